The maximum absolute atomic E-state index is 12.4. The predicted octanol–water partition coefficient (Wildman–Crippen LogP) is 6.96. The molecule has 4 rings (SSSR count). The van der Waals surface area contributed by atoms with Crippen molar-refractivity contribution < 1.29 is 19.1 Å². The van der Waals surface area contributed by atoms with E-state index >= 15 is 0 Å². The van der Waals surface area contributed by atoms with Gasteiger partial charge < -0.3 is 14.0 Å². The molecule has 202 valence electrons. The number of hydrogen-bond acceptors (Lipinski definition) is 6. The monoisotopic (exact) mass is 562 g/mol. The predicted molar refractivity (Wildman–Crippen MR) is 158 cm³/mol. The van der Waals surface area contributed by atoms with E-state index in [2.05, 4.69) is 17.7 Å². The van der Waals surface area contributed by atoms with Gasteiger partial charge in [0.05, 0.1) is 41.8 Å². The Balaban J connectivity index is 1.80. The molecule has 2 heterocycles. The summed E-state index contributed by atoms with van der Waals surface area (Å²) in [6.07, 6.45) is 6.75. The van der Waals surface area contributed by atoms with Crippen molar-refractivity contribution in [1.29, 1.82) is 0 Å². The third-order valence-corrected chi connectivity index (χ3v) is 8.11. The van der Waals surface area contributed by atoms with Crippen LogP contribution in [0.25, 0.3) is 23.1 Å². The molecule has 6 nitrogen and oxygen atoms in total. The fourth-order valence-corrected chi connectivity index (χ4v) is 5.83. The Kier molecular flexibility index (Phi) is 9.38. The first-order valence-corrected chi connectivity index (χ1v) is 13.9. The Hall–Kier alpha value is -3.68. The molecule has 0 bridgehead atoms. The number of hydrogen-bond donors (Lipinski definition) is 0. The number of thiazole rings is 1. The number of methoxy groups -OCH3 is 2. The maximum atomic E-state index is 12.4. The molecule has 2 aromatic heterocycles. The number of benzene rings is 2. The van der Waals surface area contributed by atoms with Crippen molar-refractivity contribution in [2.75, 3.05) is 14.2 Å². The minimum absolute atomic E-state index is 0.237. The second-order valence-electron chi connectivity index (χ2n) is 9.02. The first-order chi connectivity index (χ1) is 18.9. The highest BCUT2D eigenvalue weighted by atomic mass is 35.5. The lowest BCUT2D eigenvalue weighted by atomic mass is 9.99. The SMILES string of the molecule is C=Cc1nc(CCc2c(CCc3ccc(Cl)cc3)c3cc(C(=O)OC)ccc3n2CCC(=O)OC)sc1C=C. The normalized spacial score (nSPS) is 10.9. The summed E-state index contributed by atoms with van der Waals surface area (Å²) < 4.78 is 12.1. The standard InChI is InChI=1S/C31H31ClN2O4S/c1-5-25-28(6-2)39-29(33-25)16-15-26-23(13-9-20-7-11-22(32)12-8-20)24-19-21(31(36)38-4)10-14-27(24)34(26)18-17-30(35)37-3/h5-8,10-12,14,19H,1-2,9,13,15-18H2,3-4H3. The highest BCUT2D eigenvalue weighted by Crippen LogP contribution is 2.32. The maximum Gasteiger partial charge on any atom is 0.337 e. The quantitative estimate of drug-likeness (QED) is 0.175. The average Bonchev–Trinajstić information content (AvgIpc) is 3.51. The van der Waals surface area contributed by atoms with Gasteiger partial charge in [0.2, 0.25) is 0 Å². The van der Waals surface area contributed by atoms with E-state index < -0.39 is 0 Å². The summed E-state index contributed by atoms with van der Waals surface area (Å²) in [5.41, 5.74) is 5.70. The number of carbonyl (C=O) groups excluding carboxylic acids is 2. The summed E-state index contributed by atoms with van der Waals surface area (Å²) in [5, 5.41) is 2.66. The molecule has 0 radical (unpaired) electrons. The number of fused-ring (bicyclic) bond motifs is 1. The number of aryl methyl sites for hydroxylation is 4. The van der Waals surface area contributed by atoms with E-state index in [0.717, 1.165) is 56.1 Å². The second-order valence-corrected chi connectivity index (χ2v) is 10.6. The molecule has 0 N–H and O–H groups in total. The van der Waals surface area contributed by atoms with Crippen molar-refractivity contribution >= 4 is 57.9 Å². The third-order valence-electron chi connectivity index (χ3n) is 6.73. The molecule has 0 aliphatic heterocycles. The molecule has 0 saturated heterocycles. The Morgan fingerprint density at radius 1 is 1.00 bits per heavy atom. The van der Waals surface area contributed by atoms with Crippen LogP contribution < -0.4 is 0 Å². The van der Waals surface area contributed by atoms with Gasteiger partial charge in [-0.15, -0.1) is 11.3 Å². The lowest BCUT2D eigenvalue weighted by molar-refractivity contribution is -0.140. The highest BCUT2D eigenvalue weighted by molar-refractivity contribution is 7.12. The topological polar surface area (TPSA) is 70.4 Å². The van der Waals surface area contributed by atoms with Gasteiger partial charge in [0.25, 0.3) is 0 Å². The van der Waals surface area contributed by atoms with Crippen LogP contribution in [-0.4, -0.2) is 35.7 Å². The number of nitrogens with zero attached hydrogens (tertiary/aromatic N) is 2. The molecule has 39 heavy (non-hydrogen) atoms. The molecule has 0 aliphatic rings. The summed E-state index contributed by atoms with van der Waals surface area (Å²) in [5.74, 6) is -0.663. The number of halogens is 1. The van der Waals surface area contributed by atoms with Crippen LogP contribution in [0.3, 0.4) is 0 Å². The fourth-order valence-electron chi connectivity index (χ4n) is 4.78. The van der Waals surface area contributed by atoms with Crippen LogP contribution in [0.2, 0.25) is 5.02 Å². The number of aromatic nitrogens is 2. The Morgan fingerprint density at radius 2 is 1.77 bits per heavy atom. The number of carbonyl (C=O) groups is 2. The first kappa shape index (κ1) is 28.3. The molecule has 0 unspecified atom stereocenters. The summed E-state index contributed by atoms with van der Waals surface area (Å²) in [6.45, 7) is 8.22. The largest absolute Gasteiger partial charge is 0.469 e. The van der Waals surface area contributed by atoms with Crippen molar-refractivity contribution in [3.63, 3.8) is 0 Å². The van der Waals surface area contributed by atoms with Gasteiger partial charge in [-0.3, -0.25) is 4.79 Å². The van der Waals surface area contributed by atoms with Crippen molar-refractivity contribution in [2.45, 2.75) is 38.6 Å². The molecular formula is C31H31ClN2O4S. The summed E-state index contributed by atoms with van der Waals surface area (Å²) in [6, 6.07) is 13.4. The molecule has 0 fully saturated rings. The van der Waals surface area contributed by atoms with E-state index in [-0.39, 0.29) is 18.4 Å². The van der Waals surface area contributed by atoms with Gasteiger partial charge in [-0.1, -0.05) is 36.9 Å². The van der Waals surface area contributed by atoms with Gasteiger partial charge in [0.15, 0.2) is 0 Å². The van der Waals surface area contributed by atoms with E-state index in [0.29, 0.717) is 30.0 Å². The van der Waals surface area contributed by atoms with Gasteiger partial charge in [-0.05, 0) is 72.9 Å². The zero-order valence-electron chi connectivity index (χ0n) is 22.2. The molecule has 0 saturated carbocycles. The van der Waals surface area contributed by atoms with Gasteiger partial charge in [-0.2, -0.15) is 0 Å². The lowest BCUT2D eigenvalue weighted by Gasteiger charge is -2.12. The molecule has 0 amide bonds. The van der Waals surface area contributed by atoms with Gasteiger partial charge in [0.1, 0.15) is 0 Å². The lowest BCUT2D eigenvalue weighted by Crippen LogP contribution is -2.11. The zero-order chi connectivity index (χ0) is 27.9. The van der Waals surface area contributed by atoms with Crippen molar-refractivity contribution in [1.82, 2.24) is 9.55 Å². The first-order valence-electron chi connectivity index (χ1n) is 12.7. The Morgan fingerprint density at radius 3 is 2.41 bits per heavy atom. The zero-order valence-corrected chi connectivity index (χ0v) is 23.7. The Labute approximate surface area is 237 Å². The van der Waals surface area contributed by atoms with E-state index in [4.69, 9.17) is 26.1 Å². The highest BCUT2D eigenvalue weighted by Gasteiger charge is 2.21. The van der Waals surface area contributed by atoms with E-state index in [1.54, 1.807) is 29.6 Å². The van der Waals surface area contributed by atoms with Crippen LogP contribution in [0.1, 0.15) is 49.2 Å². The van der Waals surface area contributed by atoms with Crippen LogP contribution in [-0.2, 0) is 46.5 Å². The van der Waals surface area contributed by atoms with Crippen LogP contribution in [0.4, 0.5) is 0 Å². The number of ether oxygens (including phenoxy) is 2. The molecule has 0 aliphatic carbocycles. The van der Waals surface area contributed by atoms with E-state index in [9.17, 15) is 9.59 Å². The van der Waals surface area contributed by atoms with Crippen LogP contribution in [0, 0.1) is 0 Å². The molecule has 0 atom stereocenters. The second kappa shape index (κ2) is 12.9. The van der Waals surface area contributed by atoms with Gasteiger partial charge >= 0.3 is 11.9 Å². The van der Waals surface area contributed by atoms with E-state index in [1.807, 2.05) is 36.4 Å². The summed E-state index contributed by atoms with van der Waals surface area (Å²) >= 11 is 7.71. The molecule has 4 aromatic rings. The van der Waals surface area contributed by atoms with Crippen LogP contribution in [0.15, 0.2) is 55.6 Å². The summed E-state index contributed by atoms with van der Waals surface area (Å²) in [7, 11) is 2.78. The van der Waals surface area contributed by atoms with Crippen LogP contribution in [0.5, 0.6) is 0 Å². The molecule has 0 spiro atoms. The molecular weight excluding hydrogens is 532 g/mol. The van der Waals surface area contributed by atoms with Gasteiger partial charge in [0, 0.05) is 34.6 Å². The third kappa shape index (κ3) is 6.49. The van der Waals surface area contributed by atoms with Crippen LogP contribution >= 0.6 is 22.9 Å². The van der Waals surface area contributed by atoms with Crippen molar-refractivity contribution in [3.05, 3.63) is 98.6 Å². The smallest absolute Gasteiger partial charge is 0.337 e. The van der Waals surface area contributed by atoms with Gasteiger partial charge in [-0.25, -0.2) is 9.78 Å². The Bertz CT molecular complexity index is 1490. The fraction of sp³-hybridized carbons (Fsp3) is 0.258. The number of rotatable bonds is 12. The molecule has 8 heteroatoms. The minimum Gasteiger partial charge on any atom is -0.469 e. The number of esters is 2. The summed E-state index contributed by atoms with van der Waals surface area (Å²) in [4.78, 5) is 30.2. The average molecular weight is 563 g/mol. The van der Waals surface area contributed by atoms with Crippen molar-refractivity contribution in [3.8, 4) is 0 Å². The van der Waals surface area contributed by atoms with Crippen molar-refractivity contribution in [2.24, 2.45) is 0 Å². The minimum atomic E-state index is -0.388. The van der Waals surface area contributed by atoms with E-state index in [1.165, 1.54) is 14.2 Å². The molecule has 2 aromatic carbocycles.